The highest BCUT2D eigenvalue weighted by atomic mass is 35.5. The summed E-state index contributed by atoms with van der Waals surface area (Å²) in [4.78, 5) is 8.61. The smallest absolute Gasteiger partial charge is 0.224 e. The molecule has 0 saturated heterocycles. The van der Waals surface area contributed by atoms with E-state index in [0.29, 0.717) is 5.95 Å². The number of benzene rings is 1. The highest BCUT2D eigenvalue weighted by Crippen LogP contribution is 2.11. The van der Waals surface area contributed by atoms with Gasteiger partial charge in [-0.2, -0.15) is 4.98 Å². The first-order valence-corrected chi connectivity index (χ1v) is 7.70. The molecule has 1 aromatic heterocycles. The summed E-state index contributed by atoms with van der Waals surface area (Å²) >= 11 is 5.97. The Bertz CT molecular complexity index is 580. The number of anilines is 2. The highest BCUT2D eigenvalue weighted by molar-refractivity contribution is 6.30. The summed E-state index contributed by atoms with van der Waals surface area (Å²) in [5, 5.41) is 7.24. The van der Waals surface area contributed by atoms with E-state index in [1.165, 1.54) is 5.56 Å². The van der Waals surface area contributed by atoms with E-state index in [4.69, 9.17) is 16.3 Å². The molecule has 0 saturated carbocycles. The predicted octanol–water partition coefficient (Wildman–Crippen LogP) is 3.23. The lowest BCUT2D eigenvalue weighted by Crippen LogP contribution is -2.10. The van der Waals surface area contributed by atoms with Crippen LogP contribution >= 0.6 is 11.6 Å². The fourth-order valence-electron chi connectivity index (χ4n) is 1.99. The van der Waals surface area contributed by atoms with Gasteiger partial charge in [0.2, 0.25) is 5.95 Å². The number of hydrogen-bond donors (Lipinski definition) is 2. The molecule has 118 valence electrons. The van der Waals surface area contributed by atoms with Crippen LogP contribution in [0.5, 0.6) is 0 Å². The zero-order valence-electron chi connectivity index (χ0n) is 12.7. The van der Waals surface area contributed by atoms with Gasteiger partial charge in [-0.3, -0.25) is 0 Å². The lowest BCUT2D eigenvalue weighted by molar-refractivity contribution is 0.197. The first-order valence-electron chi connectivity index (χ1n) is 7.32. The lowest BCUT2D eigenvalue weighted by atomic mass is 10.1. The summed E-state index contributed by atoms with van der Waals surface area (Å²) in [6.07, 6.45) is 3.56. The molecule has 0 atom stereocenters. The van der Waals surface area contributed by atoms with Crippen molar-refractivity contribution in [1.29, 1.82) is 0 Å². The molecular weight excluding hydrogens is 300 g/mol. The molecule has 0 amide bonds. The molecule has 0 aliphatic carbocycles. The standard InChI is InChI=1S/C16H21ClN4O/c1-22-11-3-8-19-16-20-10-7-15(21-16)18-9-6-13-4-2-5-14(17)12-13/h2,4-5,7,10,12H,3,6,8-9,11H2,1H3,(H2,18,19,20,21). The second-order valence-corrected chi connectivity index (χ2v) is 5.28. The minimum absolute atomic E-state index is 0.629. The minimum Gasteiger partial charge on any atom is -0.385 e. The topological polar surface area (TPSA) is 59.1 Å². The van der Waals surface area contributed by atoms with Gasteiger partial charge in [-0.1, -0.05) is 23.7 Å². The highest BCUT2D eigenvalue weighted by Gasteiger charge is 1.99. The number of nitrogens with one attached hydrogen (secondary N) is 2. The van der Waals surface area contributed by atoms with Crippen LogP contribution in [0.15, 0.2) is 36.5 Å². The first-order chi connectivity index (χ1) is 10.8. The molecule has 0 radical (unpaired) electrons. The molecule has 0 unspecified atom stereocenters. The van der Waals surface area contributed by atoms with Crippen molar-refractivity contribution in [3.8, 4) is 0 Å². The van der Waals surface area contributed by atoms with E-state index in [-0.39, 0.29) is 0 Å². The molecule has 0 spiro atoms. The molecule has 2 rings (SSSR count). The number of halogens is 1. The molecule has 0 fully saturated rings. The van der Waals surface area contributed by atoms with Crippen LogP contribution in [-0.2, 0) is 11.2 Å². The third kappa shape index (κ3) is 5.87. The minimum atomic E-state index is 0.629. The van der Waals surface area contributed by atoms with Crippen LogP contribution in [-0.4, -0.2) is 36.8 Å². The van der Waals surface area contributed by atoms with Crippen LogP contribution in [0, 0.1) is 0 Å². The third-order valence-corrected chi connectivity index (χ3v) is 3.31. The van der Waals surface area contributed by atoms with Crippen LogP contribution in [0.4, 0.5) is 11.8 Å². The summed E-state index contributed by atoms with van der Waals surface area (Å²) in [5.41, 5.74) is 1.20. The summed E-state index contributed by atoms with van der Waals surface area (Å²) in [5.74, 6) is 1.44. The summed E-state index contributed by atoms with van der Waals surface area (Å²) < 4.78 is 5.00. The van der Waals surface area contributed by atoms with Gasteiger partial charge < -0.3 is 15.4 Å². The van der Waals surface area contributed by atoms with E-state index in [9.17, 15) is 0 Å². The van der Waals surface area contributed by atoms with Gasteiger partial charge in [-0.05, 0) is 36.6 Å². The maximum absolute atomic E-state index is 5.97. The molecule has 6 heteroatoms. The Morgan fingerprint density at radius 2 is 2.09 bits per heavy atom. The van der Waals surface area contributed by atoms with Crippen molar-refractivity contribution in [2.75, 3.05) is 37.4 Å². The van der Waals surface area contributed by atoms with Crippen LogP contribution in [0.2, 0.25) is 5.02 Å². The van der Waals surface area contributed by atoms with E-state index in [0.717, 1.165) is 43.4 Å². The molecule has 1 heterocycles. The molecule has 0 bridgehead atoms. The molecule has 2 aromatic rings. The molecule has 5 nitrogen and oxygen atoms in total. The number of aromatic nitrogens is 2. The molecule has 2 N–H and O–H groups in total. The third-order valence-electron chi connectivity index (χ3n) is 3.07. The Hall–Kier alpha value is -1.85. The number of hydrogen-bond acceptors (Lipinski definition) is 5. The quantitative estimate of drug-likeness (QED) is 0.695. The molecule has 0 aliphatic heterocycles. The lowest BCUT2D eigenvalue weighted by Gasteiger charge is -2.08. The normalized spacial score (nSPS) is 10.5. The molecular formula is C16H21ClN4O. The van der Waals surface area contributed by atoms with Gasteiger partial charge >= 0.3 is 0 Å². The number of rotatable bonds is 9. The summed E-state index contributed by atoms with van der Waals surface area (Å²) in [6.45, 7) is 2.31. The Morgan fingerprint density at radius 1 is 1.18 bits per heavy atom. The maximum atomic E-state index is 5.97. The summed E-state index contributed by atoms with van der Waals surface area (Å²) in [7, 11) is 1.70. The Morgan fingerprint density at radius 3 is 2.91 bits per heavy atom. The van der Waals surface area contributed by atoms with Crippen molar-refractivity contribution in [2.24, 2.45) is 0 Å². The fraction of sp³-hybridized carbons (Fsp3) is 0.375. The fourth-order valence-corrected chi connectivity index (χ4v) is 2.20. The Kier molecular flexibility index (Phi) is 6.93. The first kappa shape index (κ1) is 16.5. The van der Waals surface area contributed by atoms with Gasteiger partial charge in [0.05, 0.1) is 0 Å². The van der Waals surface area contributed by atoms with E-state index < -0.39 is 0 Å². The van der Waals surface area contributed by atoms with E-state index in [1.807, 2.05) is 24.3 Å². The van der Waals surface area contributed by atoms with Gasteiger partial charge in [0.1, 0.15) is 5.82 Å². The van der Waals surface area contributed by atoms with Crippen molar-refractivity contribution in [3.05, 3.63) is 47.1 Å². The van der Waals surface area contributed by atoms with Crippen molar-refractivity contribution >= 4 is 23.4 Å². The SMILES string of the molecule is COCCCNc1nccc(NCCc2cccc(Cl)c2)n1. The second kappa shape index (κ2) is 9.23. The number of nitrogens with zero attached hydrogens (tertiary/aromatic N) is 2. The monoisotopic (exact) mass is 320 g/mol. The van der Waals surface area contributed by atoms with Crippen molar-refractivity contribution in [3.63, 3.8) is 0 Å². The molecule has 1 aromatic carbocycles. The van der Waals surface area contributed by atoms with Gasteiger partial charge in [0.25, 0.3) is 0 Å². The second-order valence-electron chi connectivity index (χ2n) is 4.85. The van der Waals surface area contributed by atoms with Crippen molar-refractivity contribution < 1.29 is 4.74 Å². The van der Waals surface area contributed by atoms with Crippen LogP contribution in [0.25, 0.3) is 0 Å². The van der Waals surface area contributed by atoms with Crippen molar-refractivity contribution in [1.82, 2.24) is 9.97 Å². The molecule has 22 heavy (non-hydrogen) atoms. The number of methoxy groups -OCH3 is 1. The zero-order chi connectivity index (χ0) is 15.6. The van der Waals surface area contributed by atoms with Crippen LogP contribution < -0.4 is 10.6 Å². The largest absolute Gasteiger partial charge is 0.385 e. The predicted molar refractivity (Wildman–Crippen MR) is 90.7 cm³/mol. The Balaban J connectivity index is 1.77. The van der Waals surface area contributed by atoms with Crippen LogP contribution in [0.1, 0.15) is 12.0 Å². The van der Waals surface area contributed by atoms with E-state index in [2.05, 4.69) is 26.7 Å². The average Bonchev–Trinajstić information content (AvgIpc) is 2.52. The summed E-state index contributed by atoms with van der Waals surface area (Å²) in [6, 6.07) is 9.75. The van der Waals surface area contributed by atoms with Crippen molar-refractivity contribution in [2.45, 2.75) is 12.8 Å². The maximum Gasteiger partial charge on any atom is 0.224 e. The van der Waals surface area contributed by atoms with Crippen LogP contribution in [0.3, 0.4) is 0 Å². The van der Waals surface area contributed by atoms with Gasteiger partial charge in [0, 0.05) is 38.0 Å². The zero-order valence-corrected chi connectivity index (χ0v) is 13.4. The Labute approximate surface area is 136 Å². The number of ether oxygens (including phenoxy) is 1. The van der Waals surface area contributed by atoms with E-state index in [1.54, 1.807) is 13.3 Å². The van der Waals surface area contributed by atoms with E-state index >= 15 is 0 Å². The average molecular weight is 321 g/mol. The van der Waals surface area contributed by atoms with Gasteiger partial charge in [-0.25, -0.2) is 4.98 Å². The van der Waals surface area contributed by atoms with Gasteiger partial charge in [0.15, 0.2) is 0 Å². The molecule has 0 aliphatic rings. The van der Waals surface area contributed by atoms with Gasteiger partial charge in [-0.15, -0.1) is 0 Å².